The Balaban J connectivity index is 1.66. The van der Waals surface area contributed by atoms with Crippen LogP contribution in [-0.4, -0.2) is 194 Å². The summed E-state index contributed by atoms with van der Waals surface area (Å²) in [5, 5.41) is 81.0. The summed E-state index contributed by atoms with van der Waals surface area (Å²) in [6, 6.07) is -9.38. The number of aromatic amines is 1. The topological polar surface area (TPSA) is 583 Å². The lowest BCUT2D eigenvalue weighted by Crippen LogP contribution is -2.66. The van der Waals surface area contributed by atoms with Gasteiger partial charge in [0.2, 0.25) is 35.4 Å². The zero-order valence-electron chi connectivity index (χ0n) is 44.8. The SMILES string of the molecule is CC(=O)N[C@H]1[C@@H](OP(=O)([O-])OP(=O)([O-])OC[C@H]2O[C@@H](n3ccc(=O)[nH]c3=O)[C@H](O)[C@@H]2O)O[C@H](CO)[C@@H](O)[C@@H]1OC(C)C(=O)N[C@@H](C)C(=O)N[C@H](CCC(=O)N[C@@H](CCCCNC(=O)[C@H](C)[NH3+])C(=O)N[C@H](C)C(=O)N[C@H](C)C(=O)[O-])C(=O)[O-]. The molecule has 2 fully saturated rings. The Morgan fingerprint density at radius 3 is 1.94 bits per heavy atom. The number of H-pyrrole nitrogens is 1. The number of nitrogens with one attached hydrogen (secondary N) is 8. The third-order valence-corrected chi connectivity index (χ3v) is 14.6. The number of carbonyl (C=O) groups is 9. The third-order valence-electron chi connectivity index (χ3n) is 12.0. The molecule has 2 aliphatic rings. The lowest BCUT2D eigenvalue weighted by atomic mass is 9.96. The number of carbonyl (C=O) groups excluding carboxylic acids is 9. The van der Waals surface area contributed by atoms with Crippen molar-refractivity contribution in [2.75, 3.05) is 19.8 Å². The van der Waals surface area contributed by atoms with Crippen molar-refractivity contribution in [3.8, 4) is 0 Å². The predicted octanol–water partition coefficient (Wildman–Crippen LogP) is -11.8. The standard InChI is InChI=1S/C43H70N10O27P2/c1-17(44)34(61)45-13-8-7-9-23(38(65)47-18(2)35(62)48-20(4)40(66)67)50-27(56)11-10-24(41(68)69)51-36(63)19(3)46-37(64)21(5)76-33-29(49-22(6)55)42(78-25(15-54)31(33)59)79-82(73,74)80-81(71,72)75-16-26-30(58)32(60)39(77-26)53-14-12-28(57)52-43(53)70/h12,14,17-21,23-26,29-33,39,42,54,58-60H,7-11,13,15-16,44H2,1-6H3,(H,45,61)(H,46,64)(H,47,65)(H,48,62)(H,49,55)(H,50,56)(H,51,63)(H,66,67)(H,68,69)(H,71,72)(H,73,74)(H,52,57,70)/p-3/t17-,18+,19-,20+,21?,23-,24+,25+,26+,29+,30+,31+,32+,33+,39+,42+/m0/s1. The Morgan fingerprint density at radius 1 is 0.756 bits per heavy atom. The Bertz CT molecular complexity index is 2660. The van der Waals surface area contributed by atoms with Crippen molar-refractivity contribution in [1.82, 2.24) is 46.8 Å². The number of ether oxygens (including phenoxy) is 3. The van der Waals surface area contributed by atoms with Gasteiger partial charge in [-0.2, -0.15) is 0 Å². The quantitative estimate of drug-likeness (QED) is 0.0235. The van der Waals surface area contributed by atoms with E-state index in [0.29, 0.717) is 11.0 Å². The van der Waals surface area contributed by atoms with Crippen LogP contribution in [0.3, 0.4) is 0 Å². The first kappa shape index (κ1) is 70.1. The molecule has 1 aromatic heterocycles. The number of carboxylic acid groups (broad SMARTS) is 2. The number of hydrogen-bond acceptors (Lipinski definition) is 27. The molecular formula is C43H67N10O27P2-3. The van der Waals surface area contributed by atoms with Gasteiger partial charge in [-0.05, 0) is 60.3 Å². The monoisotopic (exact) mass is 1220 g/mol. The van der Waals surface area contributed by atoms with Gasteiger partial charge in [0.05, 0.1) is 37.2 Å². The molecule has 0 saturated carbocycles. The highest BCUT2D eigenvalue weighted by Gasteiger charge is 2.50. The normalized spacial score (nSPS) is 25.6. The van der Waals surface area contributed by atoms with Crippen LogP contribution in [-0.2, 0) is 79.8 Å². The van der Waals surface area contributed by atoms with Crippen molar-refractivity contribution < 1.29 is 126 Å². The van der Waals surface area contributed by atoms with Crippen molar-refractivity contribution in [2.45, 2.75) is 171 Å². The molecule has 18 atom stereocenters. The second-order valence-electron chi connectivity index (χ2n) is 18.9. The number of aromatic nitrogens is 2. The van der Waals surface area contributed by atoms with E-state index < -0.39 is 198 Å². The summed E-state index contributed by atoms with van der Waals surface area (Å²) in [5.41, 5.74) is 1.67. The molecule has 3 heterocycles. The highest BCUT2D eigenvalue weighted by atomic mass is 31.3. The summed E-state index contributed by atoms with van der Waals surface area (Å²) in [5.74, 6) is -10.00. The molecule has 464 valence electrons. The summed E-state index contributed by atoms with van der Waals surface area (Å²) in [6.07, 6.45) is -17.6. The Labute approximate surface area is 464 Å². The number of amides is 7. The first-order valence-electron chi connectivity index (χ1n) is 25.0. The summed E-state index contributed by atoms with van der Waals surface area (Å²) >= 11 is 0. The average molecular weight is 1220 g/mol. The Morgan fingerprint density at radius 2 is 1.37 bits per heavy atom. The van der Waals surface area contributed by atoms with Crippen LogP contribution in [0.1, 0.15) is 79.9 Å². The number of carboxylic acids is 2. The highest BCUT2D eigenvalue weighted by Crippen LogP contribution is 2.57. The van der Waals surface area contributed by atoms with E-state index in [1.54, 1.807) is 6.92 Å². The number of nitrogens with zero attached hydrogens (tertiary/aromatic N) is 1. The number of hydrogen-bond donors (Lipinski definition) is 13. The zero-order chi connectivity index (χ0) is 62.1. The molecule has 7 amide bonds. The fraction of sp³-hybridized carbons (Fsp3) is 0.698. The zero-order valence-corrected chi connectivity index (χ0v) is 46.6. The number of aliphatic hydroxyl groups excluding tert-OH is 4. The van der Waals surface area contributed by atoms with E-state index in [4.69, 9.17) is 18.7 Å². The van der Waals surface area contributed by atoms with Crippen LogP contribution in [0.15, 0.2) is 21.9 Å². The van der Waals surface area contributed by atoms with Crippen molar-refractivity contribution >= 4 is 68.9 Å². The van der Waals surface area contributed by atoms with Gasteiger partial charge in [-0.3, -0.25) is 61.6 Å². The number of phosphoric ester groups is 2. The van der Waals surface area contributed by atoms with Crippen LogP contribution < -0.4 is 74.2 Å². The number of quaternary nitrogens is 1. The fourth-order valence-corrected chi connectivity index (χ4v) is 9.66. The van der Waals surface area contributed by atoms with Crippen LogP contribution in [0, 0.1) is 0 Å². The lowest BCUT2D eigenvalue weighted by Gasteiger charge is -2.46. The molecule has 82 heavy (non-hydrogen) atoms. The van der Waals surface area contributed by atoms with Gasteiger partial charge in [0.1, 0.15) is 66.9 Å². The molecule has 0 radical (unpaired) electrons. The molecule has 1 aromatic rings. The van der Waals surface area contributed by atoms with Crippen molar-refractivity contribution in [1.29, 1.82) is 0 Å². The molecule has 3 unspecified atom stereocenters. The van der Waals surface area contributed by atoms with E-state index in [1.165, 1.54) is 6.92 Å². The summed E-state index contributed by atoms with van der Waals surface area (Å²) in [6.45, 7) is 4.61. The van der Waals surface area contributed by atoms with Crippen molar-refractivity contribution in [3.05, 3.63) is 33.1 Å². The minimum Gasteiger partial charge on any atom is -0.756 e. The van der Waals surface area contributed by atoms with E-state index in [-0.39, 0.29) is 25.3 Å². The molecule has 3 rings (SSSR count). The smallest absolute Gasteiger partial charge is 0.330 e. The Hall–Kier alpha value is -6.15. The van der Waals surface area contributed by atoms with Gasteiger partial charge in [-0.1, -0.05) is 0 Å². The van der Waals surface area contributed by atoms with E-state index in [9.17, 15) is 102 Å². The number of unbranched alkanes of at least 4 members (excludes halogenated alkanes) is 1. The third kappa shape index (κ3) is 21.6. The van der Waals surface area contributed by atoms with Gasteiger partial charge >= 0.3 is 5.69 Å². The number of rotatable bonds is 32. The van der Waals surface area contributed by atoms with Crippen LogP contribution in [0.2, 0.25) is 0 Å². The van der Waals surface area contributed by atoms with E-state index in [0.717, 1.165) is 40.0 Å². The van der Waals surface area contributed by atoms with Gasteiger partial charge in [-0.15, -0.1) is 0 Å². The Kier molecular flexibility index (Phi) is 26.9. The molecule has 2 saturated heterocycles. The molecule has 2 aliphatic heterocycles. The van der Waals surface area contributed by atoms with Crippen LogP contribution in [0.4, 0.5) is 0 Å². The van der Waals surface area contributed by atoms with E-state index >= 15 is 0 Å². The first-order chi connectivity index (χ1) is 38.1. The van der Waals surface area contributed by atoms with E-state index in [1.807, 2.05) is 4.98 Å². The molecule has 0 aliphatic carbocycles. The maximum atomic E-state index is 13.4. The fourth-order valence-electron chi connectivity index (χ4n) is 7.58. The molecular weight excluding hydrogens is 1150 g/mol. The maximum absolute atomic E-state index is 13.4. The molecule has 39 heteroatoms. The van der Waals surface area contributed by atoms with Gasteiger partial charge in [0.15, 0.2) is 18.6 Å². The van der Waals surface area contributed by atoms with Crippen LogP contribution in [0.25, 0.3) is 0 Å². The maximum Gasteiger partial charge on any atom is 0.330 e. The largest absolute Gasteiger partial charge is 0.756 e. The van der Waals surface area contributed by atoms with Gasteiger partial charge < -0.3 is 112 Å². The van der Waals surface area contributed by atoms with Gasteiger partial charge in [0, 0.05) is 32.2 Å². The second-order valence-corrected chi connectivity index (χ2v) is 21.8. The molecule has 37 nitrogen and oxygen atoms in total. The summed E-state index contributed by atoms with van der Waals surface area (Å²) < 4.78 is 56.1. The lowest BCUT2D eigenvalue weighted by molar-refractivity contribution is -0.398. The minimum atomic E-state index is -6.28. The van der Waals surface area contributed by atoms with Crippen molar-refractivity contribution in [3.63, 3.8) is 0 Å². The van der Waals surface area contributed by atoms with Crippen LogP contribution >= 0.6 is 15.6 Å². The summed E-state index contributed by atoms with van der Waals surface area (Å²) in [7, 11) is -12.4. The minimum absolute atomic E-state index is 0.0778. The molecule has 0 aromatic carbocycles. The van der Waals surface area contributed by atoms with E-state index in [2.05, 4.69) is 51.8 Å². The number of aliphatic carboxylic acids is 2. The predicted molar refractivity (Wildman–Crippen MR) is 259 cm³/mol. The highest BCUT2D eigenvalue weighted by molar-refractivity contribution is 7.59. The molecule has 0 bridgehead atoms. The average Bonchev–Trinajstić information content (AvgIpc) is 3.89. The van der Waals surface area contributed by atoms with Gasteiger partial charge in [-0.25, -0.2) is 9.11 Å². The number of aliphatic hydroxyl groups is 4. The molecule has 15 N–H and O–H groups in total. The number of phosphoric acid groups is 2. The van der Waals surface area contributed by atoms with Crippen molar-refractivity contribution in [2.24, 2.45) is 0 Å². The van der Waals surface area contributed by atoms with Crippen LogP contribution in [0.5, 0.6) is 0 Å². The molecule has 0 spiro atoms. The second kappa shape index (κ2) is 31.5. The summed E-state index contributed by atoms with van der Waals surface area (Å²) in [4.78, 5) is 164. The van der Waals surface area contributed by atoms with Gasteiger partial charge in [0.25, 0.3) is 27.1 Å². The first-order valence-corrected chi connectivity index (χ1v) is 27.9.